The normalized spacial score (nSPS) is 13.3. The van der Waals surface area contributed by atoms with Crippen molar-refractivity contribution in [2.75, 3.05) is 0 Å². The number of rotatable bonds is 8. The Kier molecular flexibility index (Phi) is 9.93. The van der Waals surface area contributed by atoms with Crippen molar-refractivity contribution in [3.63, 3.8) is 0 Å². The van der Waals surface area contributed by atoms with Gasteiger partial charge in [-0.15, -0.1) is 0 Å². The van der Waals surface area contributed by atoms with E-state index in [0.29, 0.717) is 16.7 Å². The zero-order valence-corrected chi connectivity index (χ0v) is 18.5. The van der Waals surface area contributed by atoms with E-state index in [1.165, 1.54) is 12.2 Å². The summed E-state index contributed by atoms with van der Waals surface area (Å²) in [5.41, 5.74) is 1.92. The average molecular weight is 449 g/mol. The molecule has 1 atom stereocenters. The molecular weight excluding hydrogens is 432 g/mol. The van der Waals surface area contributed by atoms with E-state index >= 15 is 0 Å². The van der Waals surface area contributed by atoms with Crippen molar-refractivity contribution in [3.8, 4) is 24.3 Å². The van der Waals surface area contributed by atoms with E-state index in [1.807, 2.05) is 18.2 Å². The van der Waals surface area contributed by atoms with Gasteiger partial charge in [0.15, 0.2) is 0 Å². The summed E-state index contributed by atoms with van der Waals surface area (Å²) >= 11 is 0. The lowest BCUT2D eigenvalue weighted by atomic mass is 9.90. The molecule has 0 bridgehead atoms. The Bertz CT molecular complexity index is 1420. The van der Waals surface area contributed by atoms with Gasteiger partial charge < -0.3 is 5.41 Å². The summed E-state index contributed by atoms with van der Waals surface area (Å²) < 4.78 is 0. The van der Waals surface area contributed by atoms with Gasteiger partial charge in [-0.25, -0.2) is 10.1 Å². The third kappa shape index (κ3) is 6.62. The molecule has 0 aliphatic carbocycles. The van der Waals surface area contributed by atoms with Crippen LogP contribution in [0.1, 0.15) is 11.1 Å². The van der Waals surface area contributed by atoms with Gasteiger partial charge in [-0.3, -0.25) is 0 Å². The fraction of sp³-hybridized carbons (Fsp3) is 0.0345. The number of nitriles is 4. The summed E-state index contributed by atoms with van der Waals surface area (Å²) in [5.74, 6) is -0.998. The molecule has 0 fully saturated rings. The molecule has 0 amide bonds. The van der Waals surface area contributed by atoms with Crippen LogP contribution in [0.2, 0.25) is 0 Å². The number of hydrogen-bond acceptors (Lipinski definition) is 4. The molecule has 2 aromatic carbocycles. The van der Waals surface area contributed by atoms with E-state index in [9.17, 15) is 26.5 Å². The zero-order valence-electron chi connectivity index (χ0n) is 18.5. The number of nitrogens with zero attached hydrogens (tertiary/aromatic N) is 6. The Balaban J connectivity index is 2.48. The Morgan fingerprint density at radius 2 is 1.46 bits per heavy atom. The second-order valence-electron chi connectivity index (χ2n) is 6.81. The lowest BCUT2D eigenvalue weighted by molar-refractivity contribution is 1.19. The van der Waals surface area contributed by atoms with Crippen LogP contribution in [0.4, 0.5) is 0 Å². The first-order chi connectivity index (χ1) is 17.1. The molecule has 6 nitrogen and oxygen atoms in total. The molecule has 0 heterocycles. The van der Waals surface area contributed by atoms with Crippen LogP contribution in [0.25, 0.3) is 21.4 Å². The molecule has 164 valence electrons. The highest BCUT2D eigenvalue weighted by molar-refractivity contribution is 5.91. The van der Waals surface area contributed by atoms with Crippen molar-refractivity contribution in [1.29, 1.82) is 21.0 Å². The van der Waals surface area contributed by atoms with Crippen LogP contribution in [0.15, 0.2) is 108 Å². The van der Waals surface area contributed by atoms with Crippen LogP contribution >= 0.6 is 0 Å². The van der Waals surface area contributed by atoms with Gasteiger partial charge in [0, 0.05) is 5.57 Å². The first kappa shape index (κ1) is 25.5. The molecule has 0 radical (unpaired) electrons. The molecule has 35 heavy (non-hydrogen) atoms. The Labute approximate surface area is 204 Å². The van der Waals surface area contributed by atoms with Crippen molar-refractivity contribution >= 4 is 17.4 Å². The molecule has 0 spiro atoms. The summed E-state index contributed by atoms with van der Waals surface area (Å²) in [4.78, 5) is 3.26. The molecule has 2 aromatic rings. The van der Waals surface area contributed by atoms with Crippen LogP contribution in [0, 0.1) is 57.8 Å². The molecule has 0 saturated carbocycles. The van der Waals surface area contributed by atoms with Crippen molar-refractivity contribution in [1.82, 2.24) is 0 Å². The van der Waals surface area contributed by atoms with Gasteiger partial charge in [-0.05, 0) is 28.9 Å². The number of hydrogen-bond donors (Lipinski definition) is 0. The van der Waals surface area contributed by atoms with Gasteiger partial charge in [-0.1, -0.05) is 78.9 Å². The molecule has 1 unspecified atom stereocenters. The Morgan fingerprint density at radius 1 is 0.829 bits per heavy atom. The average Bonchev–Trinajstić information content (AvgIpc) is 2.92. The largest absolute Gasteiger partial charge is 0.813 e. The van der Waals surface area contributed by atoms with Gasteiger partial charge in [0.25, 0.3) is 5.70 Å². The third-order valence-corrected chi connectivity index (χ3v) is 4.75. The highest BCUT2D eigenvalue weighted by atomic mass is 14.7. The van der Waals surface area contributed by atoms with E-state index in [0.717, 1.165) is 6.21 Å². The third-order valence-electron chi connectivity index (χ3n) is 4.75. The van der Waals surface area contributed by atoms with Crippen LogP contribution in [-0.4, -0.2) is 6.21 Å². The van der Waals surface area contributed by atoms with Gasteiger partial charge in [0.2, 0.25) is 0 Å². The molecule has 2 rings (SSSR count). The maximum absolute atomic E-state index is 9.69. The molecule has 0 N–H and O–H groups in total. The second-order valence-corrected chi connectivity index (χ2v) is 6.81. The van der Waals surface area contributed by atoms with E-state index in [4.69, 9.17) is 6.57 Å². The summed E-state index contributed by atoms with van der Waals surface area (Å²) in [6.07, 6.45) is 8.41. The Morgan fingerprint density at radius 3 is 1.94 bits per heavy atom. The monoisotopic (exact) mass is 449 g/mol. The van der Waals surface area contributed by atoms with Crippen molar-refractivity contribution < 1.29 is 0 Å². The van der Waals surface area contributed by atoms with Crippen LogP contribution < -0.4 is 0 Å². The fourth-order valence-electron chi connectivity index (χ4n) is 3.19. The molecule has 0 aliphatic rings. The minimum absolute atomic E-state index is 0.133. The van der Waals surface area contributed by atoms with Crippen LogP contribution in [0.3, 0.4) is 0 Å². The lowest BCUT2D eigenvalue weighted by Gasteiger charge is -2.14. The van der Waals surface area contributed by atoms with Crippen molar-refractivity contribution in [2.45, 2.75) is 0 Å². The lowest BCUT2D eigenvalue weighted by Crippen LogP contribution is -2.04. The Hall–Kier alpha value is -5.74. The maximum atomic E-state index is 9.69. The van der Waals surface area contributed by atoms with Gasteiger partial charge in [0.1, 0.15) is 0 Å². The van der Waals surface area contributed by atoms with E-state index in [-0.39, 0.29) is 22.4 Å². The van der Waals surface area contributed by atoms with Crippen molar-refractivity contribution in [2.24, 2.45) is 5.92 Å². The van der Waals surface area contributed by atoms with Gasteiger partial charge >= 0.3 is 0 Å². The molecule has 0 aliphatic heterocycles. The van der Waals surface area contributed by atoms with Gasteiger partial charge in [0.05, 0.1) is 47.9 Å². The molecule has 0 aromatic heterocycles. The van der Waals surface area contributed by atoms with Crippen LogP contribution in [-0.2, 0) is 0 Å². The highest BCUT2D eigenvalue weighted by Crippen LogP contribution is 2.28. The van der Waals surface area contributed by atoms with Crippen molar-refractivity contribution in [3.05, 3.63) is 136 Å². The molecule has 6 heteroatoms. The standard InChI is InChI=1S/C29H17N6/c1-35-27(21-34)29(23-13-7-3-8-14-23)25(18-31)16-10-4-9-15-24(17-30)28(26(19-32)20-33)22-11-5-2-6-12-22/h2-16,19,26H/q-1/b10-4+,15-9+,25-16+,28-24-,29-27+. The SMILES string of the molecule is [C-]#[N+]/C(C#N)=C(/C(C#N)=C/C=C/C=C/C(C#N)=C(\c1ccccc1)C(C#N)C=[N-])c1ccccc1. The smallest absolute Gasteiger partial charge is 0.270 e. The maximum Gasteiger partial charge on any atom is 0.270 e. The minimum Gasteiger partial charge on any atom is -0.813 e. The number of allylic oxidation sites excluding steroid dienone is 10. The predicted molar refractivity (Wildman–Crippen MR) is 135 cm³/mol. The summed E-state index contributed by atoms with van der Waals surface area (Å²) in [6, 6.07) is 25.5. The molecule has 0 saturated heterocycles. The summed E-state index contributed by atoms with van der Waals surface area (Å²) in [6.45, 7) is 7.30. The van der Waals surface area contributed by atoms with E-state index in [2.05, 4.69) is 10.9 Å². The number of benzene rings is 2. The van der Waals surface area contributed by atoms with E-state index in [1.54, 1.807) is 78.9 Å². The zero-order chi connectivity index (χ0) is 25.5. The fourth-order valence-corrected chi connectivity index (χ4v) is 3.19. The van der Waals surface area contributed by atoms with E-state index < -0.39 is 5.92 Å². The van der Waals surface area contributed by atoms with Gasteiger partial charge in [-0.2, -0.15) is 22.0 Å². The second kappa shape index (κ2) is 13.6. The summed E-state index contributed by atoms with van der Waals surface area (Å²) in [5, 5.41) is 47.7. The van der Waals surface area contributed by atoms with Crippen LogP contribution in [0.5, 0.6) is 0 Å². The first-order valence-corrected chi connectivity index (χ1v) is 10.2. The minimum atomic E-state index is -0.998. The first-order valence-electron chi connectivity index (χ1n) is 10.2. The summed E-state index contributed by atoms with van der Waals surface area (Å²) in [7, 11) is 0. The predicted octanol–water partition coefficient (Wildman–Crippen LogP) is 6.16. The molecular formula is C29H17N6-. The topological polar surface area (TPSA) is 122 Å². The quantitative estimate of drug-likeness (QED) is 0.207. The highest BCUT2D eigenvalue weighted by Gasteiger charge is 2.15.